The monoisotopic (exact) mass is 577 g/mol. The van der Waals surface area contributed by atoms with Crippen molar-refractivity contribution in [2.75, 3.05) is 31.1 Å². The Kier molecular flexibility index (Phi) is 8.60. The molecule has 0 aliphatic carbocycles. The molecular weight excluding hydrogens is 542 g/mol. The van der Waals surface area contributed by atoms with Crippen molar-refractivity contribution in [3.8, 4) is 11.5 Å². The van der Waals surface area contributed by atoms with Gasteiger partial charge in [0.15, 0.2) is 6.10 Å². The number of carbonyl (C=O) groups excluding carboxylic acids is 2. The number of para-hydroxylation sites is 2. The van der Waals surface area contributed by atoms with Crippen LogP contribution in [0.1, 0.15) is 30.9 Å². The van der Waals surface area contributed by atoms with Gasteiger partial charge in [0.05, 0.1) is 29.7 Å². The molecule has 5 rings (SSSR count). The maximum atomic E-state index is 13.9. The van der Waals surface area contributed by atoms with E-state index in [-0.39, 0.29) is 29.8 Å². The fraction of sp³-hybridized carbons (Fsp3) is 0.355. The second kappa shape index (κ2) is 12.3. The number of hydrogen-bond donors (Lipinski definition) is 1. The molecule has 9 nitrogen and oxygen atoms in total. The third-order valence-electron chi connectivity index (χ3n) is 7.46. The van der Waals surface area contributed by atoms with Crippen molar-refractivity contribution in [3.05, 3.63) is 83.9 Å². The van der Waals surface area contributed by atoms with Crippen LogP contribution >= 0.6 is 0 Å². The van der Waals surface area contributed by atoms with E-state index in [1.807, 2.05) is 50.2 Å². The predicted molar refractivity (Wildman–Crippen MR) is 155 cm³/mol. The number of nitrogens with one attached hydrogen (secondary N) is 1. The summed E-state index contributed by atoms with van der Waals surface area (Å²) >= 11 is 0. The average Bonchev–Trinajstić information content (AvgIpc) is 3.00. The largest absolute Gasteiger partial charge is 0.494 e. The fourth-order valence-electron chi connectivity index (χ4n) is 5.31. The van der Waals surface area contributed by atoms with Gasteiger partial charge in [0.25, 0.3) is 5.91 Å². The average molecular weight is 578 g/mol. The summed E-state index contributed by atoms with van der Waals surface area (Å²) in [6.45, 7) is 4.97. The molecule has 41 heavy (non-hydrogen) atoms. The second-order valence-corrected chi connectivity index (χ2v) is 12.2. The van der Waals surface area contributed by atoms with Crippen LogP contribution in [-0.4, -0.2) is 56.9 Å². The zero-order valence-corrected chi connectivity index (χ0v) is 24.1. The maximum Gasteiger partial charge on any atom is 0.263 e. The molecule has 0 unspecified atom stereocenters. The molecule has 1 N–H and O–H groups in total. The number of sulfonamides is 1. The van der Waals surface area contributed by atoms with Gasteiger partial charge >= 0.3 is 0 Å². The van der Waals surface area contributed by atoms with E-state index in [9.17, 15) is 18.0 Å². The standard InChI is InChI=1S/C31H35N3O6S/c1-3-39-27-16-15-25(18-22(27)2)41(37,38)33-17-9-12-24(20-33)31(36)34-21-29(40-28-14-8-7-13-26(28)34)30(35)32-19-23-10-5-4-6-11-23/h4-8,10-11,13-16,18,24,29H,3,9,12,17,19-21H2,1-2H3,(H,32,35)/t24-,29+/m0/s1. The number of amides is 2. The molecule has 0 aromatic heterocycles. The number of hydrogen-bond acceptors (Lipinski definition) is 6. The molecule has 1 fully saturated rings. The molecule has 2 amide bonds. The summed E-state index contributed by atoms with van der Waals surface area (Å²) in [7, 11) is -3.81. The zero-order chi connectivity index (χ0) is 29.0. The lowest BCUT2D eigenvalue weighted by molar-refractivity contribution is -0.129. The van der Waals surface area contributed by atoms with E-state index < -0.39 is 22.0 Å². The fourth-order valence-corrected chi connectivity index (χ4v) is 6.92. The molecule has 0 radical (unpaired) electrons. The summed E-state index contributed by atoms with van der Waals surface area (Å²) in [5.74, 6) is -0.00522. The summed E-state index contributed by atoms with van der Waals surface area (Å²) in [4.78, 5) is 28.8. The van der Waals surface area contributed by atoms with Gasteiger partial charge in [-0.15, -0.1) is 0 Å². The minimum absolute atomic E-state index is 0.0395. The number of aryl methyl sites for hydroxylation is 1. The van der Waals surface area contributed by atoms with Crippen LogP contribution in [0.5, 0.6) is 11.5 Å². The Morgan fingerprint density at radius 1 is 1.02 bits per heavy atom. The van der Waals surface area contributed by atoms with Crippen molar-refractivity contribution in [2.24, 2.45) is 5.92 Å². The van der Waals surface area contributed by atoms with Crippen LogP contribution in [0.4, 0.5) is 5.69 Å². The number of nitrogens with zero attached hydrogens (tertiary/aromatic N) is 2. The Balaban J connectivity index is 1.32. The minimum atomic E-state index is -3.81. The highest BCUT2D eigenvalue weighted by atomic mass is 32.2. The number of anilines is 1. The zero-order valence-electron chi connectivity index (χ0n) is 23.3. The molecule has 10 heteroatoms. The highest BCUT2D eigenvalue weighted by Gasteiger charge is 2.39. The number of rotatable bonds is 8. The first-order chi connectivity index (χ1) is 19.8. The van der Waals surface area contributed by atoms with Crippen LogP contribution in [0.3, 0.4) is 0 Å². The van der Waals surface area contributed by atoms with Crippen LogP contribution in [0.15, 0.2) is 77.7 Å². The van der Waals surface area contributed by atoms with E-state index in [4.69, 9.17) is 9.47 Å². The Morgan fingerprint density at radius 3 is 2.54 bits per heavy atom. The van der Waals surface area contributed by atoms with Gasteiger partial charge in [-0.3, -0.25) is 9.59 Å². The number of benzene rings is 3. The first-order valence-electron chi connectivity index (χ1n) is 13.9. The predicted octanol–water partition coefficient (Wildman–Crippen LogP) is 3.91. The Bertz CT molecular complexity index is 1510. The van der Waals surface area contributed by atoms with Crippen molar-refractivity contribution < 1.29 is 27.5 Å². The smallest absolute Gasteiger partial charge is 0.263 e. The van der Waals surface area contributed by atoms with E-state index in [0.29, 0.717) is 49.7 Å². The van der Waals surface area contributed by atoms with Crippen molar-refractivity contribution in [1.82, 2.24) is 9.62 Å². The molecule has 2 aliphatic heterocycles. The van der Waals surface area contributed by atoms with Crippen LogP contribution in [-0.2, 0) is 26.2 Å². The summed E-state index contributed by atoms with van der Waals surface area (Å²) in [5, 5.41) is 2.90. The lowest BCUT2D eigenvalue weighted by Gasteiger charge is -2.38. The molecule has 1 saturated heterocycles. The number of ether oxygens (including phenoxy) is 2. The van der Waals surface area contributed by atoms with Crippen LogP contribution in [0, 0.1) is 12.8 Å². The SMILES string of the molecule is CCOc1ccc(S(=O)(=O)N2CCC[C@H](C(=O)N3C[C@H](C(=O)NCc4ccccc4)Oc4ccccc43)C2)cc1C. The first-order valence-corrected chi connectivity index (χ1v) is 15.3. The van der Waals surface area contributed by atoms with Gasteiger partial charge in [0.1, 0.15) is 11.5 Å². The molecule has 0 spiro atoms. The van der Waals surface area contributed by atoms with Gasteiger partial charge in [-0.1, -0.05) is 42.5 Å². The summed E-state index contributed by atoms with van der Waals surface area (Å²) in [5.41, 5.74) is 2.27. The van der Waals surface area contributed by atoms with E-state index in [2.05, 4.69) is 5.32 Å². The lowest BCUT2D eigenvalue weighted by Crippen LogP contribution is -2.53. The van der Waals surface area contributed by atoms with E-state index >= 15 is 0 Å². The second-order valence-electron chi connectivity index (χ2n) is 10.3. The van der Waals surface area contributed by atoms with Gasteiger partial charge in [-0.05, 0) is 68.1 Å². The van der Waals surface area contributed by atoms with Gasteiger partial charge in [0.2, 0.25) is 15.9 Å². The third-order valence-corrected chi connectivity index (χ3v) is 9.32. The highest BCUT2D eigenvalue weighted by Crippen LogP contribution is 2.36. The molecule has 3 aromatic carbocycles. The van der Waals surface area contributed by atoms with E-state index in [0.717, 1.165) is 11.1 Å². The number of carbonyl (C=O) groups is 2. The molecule has 3 aromatic rings. The van der Waals surface area contributed by atoms with Crippen molar-refractivity contribution >= 4 is 27.5 Å². The molecule has 0 bridgehead atoms. The molecular formula is C31H35N3O6S. The number of fused-ring (bicyclic) bond motifs is 1. The van der Waals surface area contributed by atoms with Gasteiger partial charge in [-0.25, -0.2) is 8.42 Å². The van der Waals surface area contributed by atoms with Crippen LogP contribution in [0.2, 0.25) is 0 Å². The Morgan fingerprint density at radius 2 is 1.78 bits per heavy atom. The lowest BCUT2D eigenvalue weighted by atomic mass is 9.97. The van der Waals surface area contributed by atoms with Gasteiger partial charge in [-0.2, -0.15) is 4.31 Å². The first kappa shape index (κ1) is 28.6. The molecule has 216 valence electrons. The van der Waals surface area contributed by atoms with Crippen molar-refractivity contribution in [2.45, 2.75) is 44.2 Å². The minimum Gasteiger partial charge on any atom is -0.494 e. The maximum absolute atomic E-state index is 13.9. The van der Waals surface area contributed by atoms with E-state index in [1.165, 1.54) is 4.31 Å². The molecule has 2 aliphatic rings. The van der Waals surface area contributed by atoms with Crippen molar-refractivity contribution in [1.29, 1.82) is 0 Å². The Hall–Kier alpha value is -3.89. The van der Waals surface area contributed by atoms with Crippen molar-refractivity contribution in [3.63, 3.8) is 0 Å². The summed E-state index contributed by atoms with van der Waals surface area (Å²) in [6, 6.07) is 21.5. The van der Waals surface area contributed by atoms with Crippen LogP contribution in [0.25, 0.3) is 0 Å². The molecule has 2 atom stereocenters. The summed E-state index contributed by atoms with van der Waals surface area (Å²) < 4.78 is 40.1. The normalized spacial score (nSPS) is 19.1. The quantitative estimate of drug-likeness (QED) is 0.436. The number of piperidine rings is 1. The van der Waals surface area contributed by atoms with Gasteiger partial charge in [0, 0.05) is 19.6 Å². The van der Waals surface area contributed by atoms with E-state index in [1.54, 1.807) is 41.3 Å². The van der Waals surface area contributed by atoms with Gasteiger partial charge < -0.3 is 19.7 Å². The topological polar surface area (TPSA) is 105 Å². The third kappa shape index (κ3) is 6.23. The Labute approximate surface area is 241 Å². The molecule has 0 saturated carbocycles. The summed E-state index contributed by atoms with van der Waals surface area (Å²) in [6.07, 6.45) is 0.212. The highest BCUT2D eigenvalue weighted by molar-refractivity contribution is 7.89. The van der Waals surface area contributed by atoms with Crippen LogP contribution < -0.4 is 19.7 Å². The molecule has 2 heterocycles.